The number of fused-ring (bicyclic) bond motifs is 1. The SMILES string of the molecule is CC(C(=O)N1CCCCCC1)N1CCCC2CNCC21. The van der Waals surface area contributed by atoms with Crippen LogP contribution in [0.3, 0.4) is 0 Å². The summed E-state index contributed by atoms with van der Waals surface area (Å²) in [6.45, 7) is 7.40. The van der Waals surface area contributed by atoms with Gasteiger partial charge in [-0.15, -0.1) is 0 Å². The minimum absolute atomic E-state index is 0.0702. The number of carbonyl (C=O) groups is 1. The Bertz CT molecular complexity index is 339. The molecule has 0 aliphatic carbocycles. The van der Waals surface area contributed by atoms with Gasteiger partial charge in [-0.05, 0) is 51.6 Å². The number of carbonyl (C=O) groups excluding carboxylic acids is 1. The zero-order valence-electron chi connectivity index (χ0n) is 12.8. The van der Waals surface area contributed by atoms with E-state index in [2.05, 4.69) is 22.0 Å². The Balaban J connectivity index is 1.64. The average Bonchev–Trinajstić information content (AvgIpc) is 2.79. The van der Waals surface area contributed by atoms with Gasteiger partial charge in [-0.2, -0.15) is 0 Å². The second-order valence-electron chi connectivity index (χ2n) is 6.78. The fourth-order valence-corrected chi connectivity index (χ4v) is 4.28. The van der Waals surface area contributed by atoms with Crippen LogP contribution >= 0.6 is 0 Å². The van der Waals surface area contributed by atoms with E-state index in [9.17, 15) is 4.79 Å². The summed E-state index contributed by atoms with van der Waals surface area (Å²) in [5, 5.41) is 3.51. The summed E-state index contributed by atoms with van der Waals surface area (Å²) in [4.78, 5) is 17.4. The zero-order chi connectivity index (χ0) is 13.9. The topological polar surface area (TPSA) is 35.6 Å². The zero-order valence-corrected chi connectivity index (χ0v) is 12.8. The first kappa shape index (κ1) is 14.3. The molecule has 3 heterocycles. The van der Waals surface area contributed by atoms with Gasteiger partial charge in [0.05, 0.1) is 6.04 Å². The third kappa shape index (κ3) is 2.86. The third-order valence-corrected chi connectivity index (χ3v) is 5.49. The molecule has 3 saturated heterocycles. The van der Waals surface area contributed by atoms with Gasteiger partial charge in [0.2, 0.25) is 5.91 Å². The molecule has 3 fully saturated rings. The second-order valence-corrected chi connectivity index (χ2v) is 6.78. The van der Waals surface area contributed by atoms with Crippen LogP contribution in [0.25, 0.3) is 0 Å². The van der Waals surface area contributed by atoms with E-state index in [0.29, 0.717) is 11.9 Å². The Morgan fingerprint density at radius 3 is 2.55 bits per heavy atom. The predicted molar refractivity (Wildman–Crippen MR) is 80.6 cm³/mol. The quantitative estimate of drug-likeness (QED) is 0.831. The molecule has 0 saturated carbocycles. The number of nitrogens with one attached hydrogen (secondary N) is 1. The molecule has 114 valence electrons. The molecule has 0 bridgehead atoms. The van der Waals surface area contributed by atoms with Crippen LogP contribution in [0, 0.1) is 5.92 Å². The van der Waals surface area contributed by atoms with E-state index < -0.39 is 0 Å². The number of amides is 1. The highest BCUT2D eigenvalue weighted by Gasteiger charge is 2.39. The van der Waals surface area contributed by atoms with Gasteiger partial charge in [0.15, 0.2) is 0 Å². The molecule has 0 radical (unpaired) electrons. The number of piperidine rings is 1. The monoisotopic (exact) mass is 279 g/mol. The summed E-state index contributed by atoms with van der Waals surface area (Å²) in [5.74, 6) is 1.14. The number of hydrogen-bond donors (Lipinski definition) is 1. The lowest BCUT2D eigenvalue weighted by Gasteiger charge is -2.41. The van der Waals surface area contributed by atoms with Crippen molar-refractivity contribution in [1.29, 1.82) is 0 Å². The largest absolute Gasteiger partial charge is 0.341 e. The van der Waals surface area contributed by atoms with Gasteiger partial charge in [-0.25, -0.2) is 0 Å². The van der Waals surface area contributed by atoms with Crippen LogP contribution in [0.2, 0.25) is 0 Å². The van der Waals surface area contributed by atoms with Crippen molar-refractivity contribution in [1.82, 2.24) is 15.1 Å². The molecule has 0 aromatic carbocycles. The molecule has 1 amide bonds. The Morgan fingerprint density at radius 1 is 1.05 bits per heavy atom. The fourth-order valence-electron chi connectivity index (χ4n) is 4.28. The molecule has 0 aromatic rings. The summed E-state index contributed by atoms with van der Waals surface area (Å²) < 4.78 is 0. The van der Waals surface area contributed by atoms with Gasteiger partial charge in [0.1, 0.15) is 0 Å². The molecule has 3 unspecified atom stereocenters. The van der Waals surface area contributed by atoms with Crippen molar-refractivity contribution < 1.29 is 4.79 Å². The highest BCUT2D eigenvalue weighted by molar-refractivity contribution is 5.81. The molecule has 20 heavy (non-hydrogen) atoms. The lowest BCUT2D eigenvalue weighted by atomic mass is 9.90. The maximum Gasteiger partial charge on any atom is 0.239 e. The normalized spacial score (nSPS) is 33.5. The maximum absolute atomic E-state index is 12.8. The van der Waals surface area contributed by atoms with E-state index in [1.54, 1.807) is 0 Å². The van der Waals surface area contributed by atoms with Crippen molar-refractivity contribution >= 4 is 5.91 Å². The molecule has 0 aromatic heterocycles. The summed E-state index contributed by atoms with van der Waals surface area (Å²) in [7, 11) is 0. The minimum atomic E-state index is 0.0702. The van der Waals surface area contributed by atoms with Crippen molar-refractivity contribution in [2.75, 3.05) is 32.7 Å². The number of nitrogens with zero attached hydrogens (tertiary/aromatic N) is 2. The Morgan fingerprint density at radius 2 is 1.80 bits per heavy atom. The standard InChI is InChI=1S/C16H29N3O/c1-13(16(20)18-8-4-2-3-5-9-18)19-10-6-7-14-11-17-12-15(14)19/h13-15,17H,2-12H2,1H3. The van der Waals surface area contributed by atoms with Crippen LogP contribution < -0.4 is 5.32 Å². The van der Waals surface area contributed by atoms with E-state index in [4.69, 9.17) is 0 Å². The van der Waals surface area contributed by atoms with E-state index in [1.165, 1.54) is 38.5 Å². The van der Waals surface area contributed by atoms with Crippen molar-refractivity contribution in [3.63, 3.8) is 0 Å². The molecular formula is C16H29N3O. The van der Waals surface area contributed by atoms with Crippen LogP contribution in [0.1, 0.15) is 45.4 Å². The van der Waals surface area contributed by atoms with Crippen LogP contribution in [0.4, 0.5) is 0 Å². The van der Waals surface area contributed by atoms with Gasteiger partial charge in [-0.1, -0.05) is 12.8 Å². The molecule has 3 aliphatic heterocycles. The third-order valence-electron chi connectivity index (χ3n) is 5.49. The fraction of sp³-hybridized carbons (Fsp3) is 0.938. The second kappa shape index (κ2) is 6.44. The molecule has 3 rings (SSSR count). The van der Waals surface area contributed by atoms with E-state index in [-0.39, 0.29) is 6.04 Å². The number of likely N-dealkylation sites (tertiary alicyclic amines) is 2. The Hall–Kier alpha value is -0.610. The van der Waals surface area contributed by atoms with Crippen molar-refractivity contribution in [3.8, 4) is 0 Å². The van der Waals surface area contributed by atoms with Crippen LogP contribution in [0.5, 0.6) is 0 Å². The van der Waals surface area contributed by atoms with Crippen molar-refractivity contribution in [3.05, 3.63) is 0 Å². The summed E-state index contributed by atoms with van der Waals surface area (Å²) >= 11 is 0. The maximum atomic E-state index is 12.8. The van der Waals surface area contributed by atoms with E-state index >= 15 is 0 Å². The first-order valence-corrected chi connectivity index (χ1v) is 8.52. The highest BCUT2D eigenvalue weighted by Crippen LogP contribution is 2.28. The van der Waals surface area contributed by atoms with Gasteiger partial charge in [0.25, 0.3) is 0 Å². The smallest absolute Gasteiger partial charge is 0.239 e. The van der Waals surface area contributed by atoms with Crippen LogP contribution in [-0.2, 0) is 4.79 Å². The predicted octanol–water partition coefficient (Wildman–Crippen LogP) is 1.46. The lowest BCUT2D eigenvalue weighted by Crippen LogP contribution is -2.55. The van der Waals surface area contributed by atoms with Crippen molar-refractivity contribution in [2.24, 2.45) is 5.92 Å². The number of hydrogen-bond acceptors (Lipinski definition) is 3. The summed E-state index contributed by atoms with van der Waals surface area (Å²) in [5.41, 5.74) is 0. The number of rotatable bonds is 2. The van der Waals surface area contributed by atoms with Gasteiger partial charge in [-0.3, -0.25) is 9.69 Å². The van der Waals surface area contributed by atoms with Gasteiger partial charge in [0, 0.05) is 25.7 Å². The summed E-state index contributed by atoms with van der Waals surface area (Å²) in [6, 6.07) is 0.662. The van der Waals surface area contributed by atoms with Crippen molar-refractivity contribution in [2.45, 2.75) is 57.5 Å². The first-order valence-electron chi connectivity index (χ1n) is 8.52. The van der Waals surface area contributed by atoms with E-state index in [0.717, 1.165) is 38.6 Å². The minimum Gasteiger partial charge on any atom is -0.341 e. The average molecular weight is 279 g/mol. The molecule has 4 nitrogen and oxygen atoms in total. The summed E-state index contributed by atoms with van der Waals surface area (Å²) in [6.07, 6.45) is 7.53. The first-order chi connectivity index (χ1) is 9.77. The lowest BCUT2D eigenvalue weighted by molar-refractivity contribution is -0.138. The molecule has 0 spiro atoms. The van der Waals surface area contributed by atoms with Crippen LogP contribution in [-0.4, -0.2) is 60.5 Å². The van der Waals surface area contributed by atoms with Gasteiger partial charge < -0.3 is 10.2 Å². The Labute approximate surface area is 122 Å². The molecule has 4 heteroatoms. The van der Waals surface area contributed by atoms with Gasteiger partial charge >= 0.3 is 0 Å². The molecule has 3 atom stereocenters. The van der Waals surface area contributed by atoms with E-state index in [1.807, 2.05) is 0 Å². The highest BCUT2D eigenvalue weighted by atomic mass is 16.2. The molecule has 3 aliphatic rings. The molecule has 1 N–H and O–H groups in total. The Kier molecular flexibility index (Phi) is 4.61. The molecular weight excluding hydrogens is 250 g/mol. The van der Waals surface area contributed by atoms with Crippen LogP contribution in [0.15, 0.2) is 0 Å².